The van der Waals surface area contributed by atoms with Crippen LogP contribution in [0.3, 0.4) is 0 Å². The normalized spacial score (nSPS) is 10.8. The Morgan fingerprint density at radius 3 is 2.22 bits per heavy atom. The van der Waals surface area contributed by atoms with Crippen molar-refractivity contribution < 1.29 is 51.3 Å². The van der Waals surface area contributed by atoms with Crippen LogP contribution in [0.2, 0.25) is 0 Å². The van der Waals surface area contributed by atoms with Gasteiger partial charge in [-0.2, -0.15) is 4.72 Å². The Hall–Kier alpha value is -3.69. The highest BCUT2D eigenvalue weighted by molar-refractivity contribution is 7.91. The van der Waals surface area contributed by atoms with Gasteiger partial charge in [0.2, 0.25) is 0 Å². The predicted octanol–water partition coefficient (Wildman–Crippen LogP) is 1.11. The van der Waals surface area contributed by atoms with Gasteiger partial charge in [-0.3, -0.25) is 9.59 Å². The summed E-state index contributed by atoms with van der Waals surface area (Å²) >= 11 is 0.484. The number of amides is 1. The number of methoxy groups -OCH3 is 4. The minimum Gasteiger partial charge on any atom is -0.497 e. The Kier molecular flexibility index (Phi) is 9.77. The van der Waals surface area contributed by atoms with Crippen molar-refractivity contribution in [2.45, 2.75) is 11.1 Å². The summed E-state index contributed by atoms with van der Waals surface area (Å²) in [6, 6.07) is 4.65. The highest BCUT2D eigenvalue weighted by Crippen LogP contribution is 2.33. The van der Waals surface area contributed by atoms with Crippen LogP contribution in [-0.2, 0) is 33.8 Å². The number of thiophene rings is 1. The number of benzene rings is 1. The van der Waals surface area contributed by atoms with Crippen LogP contribution in [0, 0.1) is 6.92 Å². The van der Waals surface area contributed by atoms with E-state index in [1.165, 1.54) is 33.3 Å². The van der Waals surface area contributed by atoms with Gasteiger partial charge in [-0.1, -0.05) is 0 Å². The fraction of sp³-hybridized carbons (Fsp3) is 0.333. The molecule has 2 N–H and O–H groups in total. The Morgan fingerprint density at radius 2 is 1.64 bits per heavy atom. The molecule has 0 bridgehead atoms. The summed E-state index contributed by atoms with van der Waals surface area (Å²) in [5, 5.41) is 2.49. The lowest BCUT2D eigenvalue weighted by atomic mass is 10.2. The van der Waals surface area contributed by atoms with Gasteiger partial charge in [0.15, 0.2) is 10.8 Å². The number of ether oxygens (including phenoxy) is 5. The van der Waals surface area contributed by atoms with Crippen molar-refractivity contribution >= 4 is 50.9 Å². The summed E-state index contributed by atoms with van der Waals surface area (Å²) in [6.07, 6.45) is 0. The molecule has 1 aromatic carbocycles. The van der Waals surface area contributed by atoms with Gasteiger partial charge in [-0.05, 0) is 24.6 Å². The Bertz CT molecular complexity index is 1270. The molecule has 0 saturated heterocycles. The van der Waals surface area contributed by atoms with Gasteiger partial charge in [0.1, 0.15) is 22.9 Å². The summed E-state index contributed by atoms with van der Waals surface area (Å²) in [5.41, 5.74) is -0.0197. The minimum atomic E-state index is -4.46. The molecule has 0 aliphatic carbocycles. The standard InChI is InChI=1S/C21H24N2O11S2/c1-11-17(19(26)32-4)21(35-18(11)20(27)33-5)36(28,29)22-9-16(25)34-10-15(24)23-13-7-6-12(30-2)8-14(13)31-3/h6-8,22H,9-10H2,1-5H3,(H,23,24). The monoisotopic (exact) mass is 544 g/mol. The molecule has 0 aliphatic rings. The van der Waals surface area contributed by atoms with Crippen molar-refractivity contribution in [1.29, 1.82) is 0 Å². The number of nitrogens with one attached hydrogen (secondary N) is 2. The number of carbonyl (C=O) groups excluding carboxylic acids is 4. The number of anilines is 1. The van der Waals surface area contributed by atoms with Crippen LogP contribution in [0.25, 0.3) is 0 Å². The van der Waals surface area contributed by atoms with Crippen molar-refractivity contribution in [3.05, 3.63) is 34.2 Å². The first-order valence-electron chi connectivity index (χ1n) is 9.96. The maximum atomic E-state index is 12.8. The molecule has 0 atom stereocenters. The molecule has 0 radical (unpaired) electrons. The highest BCUT2D eigenvalue weighted by Gasteiger charge is 2.33. The Morgan fingerprint density at radius 1 is 0.972 bits per heavy atom. The molecule has 2 rings (SSSR count). The first-order valence-corrected chi connectivity index (χ1v) is 12.3. The SMILES string of the molecule is COC(=O)c1sc(S(=O)(=O)NCC(=O)OCC(=O)Nc2ccc(OC)cc2OC)c(C(=O)OC)c1C. The average molecular weight is 545 g/mol. The van der Waals surface area contributed by atoms with Gasteiger partial charge in [-0.15, -0.1) is 11.3 Å². The van der Waals surface area contributed by atoms with Crippen molar-refractivity contribution in [2.75, 3.05) is 46.9 Å². The number of carbonyl (C=O) groups is 4. The molecule has 1 amide bonds. The maximum absolute atomic E-state index is 12.8. The third-order valence-electron chi connectivity index (χ3n) is 4.57. The first-order chi connectivity index (χ1) is 17.0. The molecule has 1 aromatic heterocycles. The Labute approximate surface area is 210 Å². The predicted molar refractivity (Wildman–Crippen MR) is 126 cm³/mol. The molecule has 1 heterocycles. The molecule has 196 valence electrons. The third kappa shape index (κ3) is 6.71. The average Bonchev–Trinajstić information content (AvgIpc) is 3.23. The van der Waals surface area contributed by atoms with E-state index >= 15 is 0 Å². The zero-order valence-electron chi connectivity index (χ0n) is 20.0. The molecule has 0 fully saturated rings. The van der Waals surface area contributed by atoms with Crippen molar-refractivity contribution in [1.82, 2.24) is 4.72 Å². The van der Waals surface area contributed by atoms with Gasteiger partial charge < -0.3 is 29.0 Å². The van der Waals surface area contributed by atoms with E-state index in [9.17, 15) is 27.6 Å². The van der Waals surface area contributed by atoms with Gasteiger partial charge >= 0.3 is 17.9 Å². The van der Waals surface area contributed by atoms with Crippen LogP contribution in [0.15, 0.2) is 22.4 Å². The molecule has 0 saturated carbocycles. The van der Waals surface area contributed by atoms with E-state index in [2.05, 4.69) is 14.8 Å². The van der Waals surface area contributed by atoms with E-state index in [0.29, 0.717) is 28.5 Å². The van der Waals surface area contributed by atoms with Crippen LogP contribution < -0.4 is 19.5 Å². The highest BCUT2D eigenvalue weighted by atomic mass is 32.2. The molecule has 0 spiro atoms. The second kappa shape index (κ2) is 12.3. The number of rotatable bonds is 11. The van der Waals surface area contributed by atoms with Crippen molar-refractivity contribution in [2.24, 2.45) is 0 Å². The number of hydrogen-bond donors (Lipinski definition) is 2. The number of hydrogen-bond acceptors (Lipinski definition) is 12. The summed E-state index contributed by atoms with van der Waals surface area (Å²) in [5.74, 6) is -2.81. The van der Waals surface area contributed by atoms with Crippen LogP contribution in [0.5, 0.6) is 11.5 Å². The molecule has 13 nitrogen and oxygen atoms in total. The molecular formula is C21H24N2O11S2. The van der Waals surface area contributed by atoms with E-state index in [1.807, 2.05) is 4.72 Å². The smallest absolute Gasteiger partial charge is 0.348 e. The van der Waals surface area contributed by atoms with Crippen molar-refractivity contribution in [3.63, 3.8) is 0 Å². The second-order valence-electron chi connectivity index (χ2n) is 6.80. The molecule has 2 aromatic rings. The molecule has 0 aliphatic heterocycles. The van der Waals surface area contributed by atoms with E-state index in [-0.39, 0.29) is 16.0 Å². The van der Waals surface area contributed by atoms with Gasteiger partial charge in [0.05, 0.1) is 39.7 Å². The fourth-order valence-corrected chi connectivity index (χ4v) is 5.56. The largest absolute Gasteiger partial charge is 0.497 e. The van der Waals surface area contributed by atoms with Gasteiger partial charge in [0.25, 0.3) is 15.9 Å². The van der Waals surface area contributed by atoms with E-state index in [0.717, 1.165) is 14.2 Å². The van der Waals surface area contributed by atoms with Crippen molar-refractivity contribution in [3.8, 4) is 11.5 Å². The Balaban J connectivity index is 2.05. The summed E-state index contributed by atoms with van der Waals surface area (Å²) in [4.78, 5) is 48.2. The van der Waals surface area contributed by atoms with Crippen LogP contribution in [0.1, 0.15) is 25.6 Å². The third-order valence-corrected chi connectivity index (χ3v) is 7.76. The van der Waals surface area contributed by atoms with Crippen LogP contribution in [-0.4, -0.2) is 73.8 Å². The minimum absolute atomic E-state index is 0.0484. The molecular weight excluding hydrogens is 520 g/mol. The fourth-order valence-electron chi connectivity index (χ4n) is 2.81. The maximum Gasteiger partial charge on any atom is 0.348 e. The van der Waals surface area contributed by atoms with Gasteiger partial charge in [0, 0.05) is 6.07 Å². The van der Waals surface area contributed by atoms with Gasteiger partial charge in [-0.25, -0.2) is 18.0 Å². The van der Waals surface area contributed by atoms with Crippen LogP contribution >= 0.6 is 11.3 Å². The molecule has 36 heavy (non-hydrogen) atoms. The quantitative estimate of drug-likeness (QED) is 0.306. The lowest BCUT2D eigenvalue weighted by Gasteiger charge is -2.12. The van der Waals surface area contributed by atoms with E-state index in [4.69, 9.17) is 14.2 Å². The topological polar surface area (TPSA) is 173 Å². The second-order valence-corrected chi connectivity index (χ2v) is 9.78. The lowest BCUT2D eigenvalue weighted by Crippen LogP contribution is -2.32. The first kappa shape index (κ1) is 28.5. The number of esters is 3. The summed E-state index contributed by atoms with van der Waals surface area (Å²) in [6.45, 7) is -0.209. The van der Waals surface area contributed by atoms with Crippen LogP contribution in [0.4, 0.5) is 5.69 Å². The zero-order valence-corrected chi connectivity index (χ0v) is 21.6. The molecule has 0 unspecified atom stereocenters. The van der Waals surface area contributed by atoms with E-state index < -0.39 is 51.2 Å². The summed E-state index contributed by atoms with van der Waals surface area (Å²) in [7, 11) is 0.550. The number of sulfonamides is 1. The molecule has 15 heteroatoms. The zero-order chi connectivity index (χ0) is 27.0. The van der Waals surface area contributed by atoms with E-state index in [1.54, 1.807) is 6.07 Å². The lowest BCUT2D eigenvalue weighted by molar-refractivity contribution is -0.146. The summed E-state index contributed by atoms with van der Waals surface area (Å²) < 4.78 is 51.3.